The van der Waals surface area contributed by atoms with Gasteiger partial charge in [0.1, 0.15) is 0 Å². The van der Waals surface area contributed by atoms with Crippen LogP contribution in [0.25, 0.3) is 0 Å². The summed E-state index contributed by atoms with van der Waals surface area (Å²) < 4.78 is 1.18. The van der Waals surface area contributed by atoms with Gasteiger partial charge in [-0.2, -0.15) is 0 Å². The van der Waals surface area contributed by atoms with E-state index in [-0.39, 0.29) is 6.10 Å². The van der Waals surface area contributed by atoms with Crippen LogP contribution in [0.5, 0.6) is 0 Å². The van der Waals surface area contributed by atoms with Crippen molar-refractivity contribution in [3.63, 3.8) is 0 Å². The minimum Gasteiger partial charge on any atom is -0.393 e. The van der Waals surface area contributed by atoms with Gasteiger partial charge in [0, 0.05) is 27.3 Å². The Bertz CT molecular complexity index is 340. The van der Waals surface area contributed by atoms with Crippen molar-refractivity contribution in [1.29, 1.82) is 0 Å². The van der Waals surface area contributed by atoms with E-state index in [9.17, 15) is 5.11 Å². The summed E-state index contributed by atoms with van der Waals surface area (Å²) in [6, 6.07) is 2.77. The quantitative estimate of drug-likeness (QED) is 0.923. The molecule has 0 saturated carbocycles. The van der Waals surface area contributed by atoms with E-state index in [0.717, 1.165) is 13.0 Å². The highest BCUT2D eigenvalue weighted by atomic mass is 79.9. The standard InChI is InChI=1S/C12H18BrNOS/c1-9(15)5-11-3-2-4-14(11)7-12-6-10(13)8-16-12/h6,8-9,11,15H,2-5,7H2,1H3. The zero-order valence-electron chi connectivity index (χ0n) is 9.53. The Hall–Kier alpha value is 0.1000. The highest BCUT2D eigenvalue weighted by molar-refractivity contribution is 9.10. The molecule has 2 heterocycles. The van der Waals surface area contributed by atoms with Crippen LogP contribution in [0.1, 0.15) is 31.1 Å². The number of rotatable bonds is 4. The van der Waals surface area contributed by atoms with Crippen molar-refractivity contribution in [3.05, 3.63) is 20.8 Å². The first-order chi connectivity index (χ1) is 7.65. The molecule has 2 nitrogen and oxygen atoms in total. The highest BCUT2D eigenvalue weighted by Gasteiger charge is 2.25. The molecule has 0 bridgehead atoms. The van der Waals surface area contributed by atoms with Crippen LogP contribution in [0.2, 0.25) is 0 Å². The second kappa shape index (κ2) is 5.63. The fraction of sp³-hybridized carbons (Fsp3) is 0.667. The molecule has 0 spiro atoms. The maximum absolute atomic E-state index is 9.47. The van der Waals surface area contributed by atoms with E-state index in [4.69, 9.17) is 0 Å². The Balaban J connectivity index is 1.93. The number of likely N-dealkylation sites (tertiary alicyclic amines) is 1. The van der Waals surface area contributed by atoms with Crippen LogP contribution in [0.4, 0.5) is 0 Å². The van der Waals surface area contributed by atoms with Gasteiger partial charge in [0.25, 0.3) is 0 Å². The molecule has 0 aromatic carbocycles. The molecule has 1 aromatic rings. The van der Waals surface area contributed by atoms with E-state index in [0.29, 0.717) is 6.04 Å². The van der Waals surface area contributed by atoms with Crippen molar-refractivity contribution in [2.75, 3.05) is 6.54 Å². The van der Waals surface area contributed by atoms with Crippen LogP contribution in [0.15, 0.2) is 15.9 Å². The van der Waals surface area contributed by atoms with E-state index >= 15 is 0 Å². The molecule has 0 radical (unpaired) electrons. The molecule has 90 valence electrons. The number of hydrogen-bond donors (Lipinski definition) is 1. The highest BCUT2D eigenvalue weighted by Crippen LogP contribution is 2.27. The van der Waals surface area contributed by atoms with Gasteiger partial charge in [-0.25, -0.2) is 0 Å². The zero-order chi connectivity index (χ0) is 11.5. The van der Waals surface area contributed by atoms with E-state index in [1.165, 1.54) is 28.7 Å². The van der Waals surface area contributed by atoms with Gasteiger partial charge in [-0.15, -0.1) is 11.3 Å². The molecule has 4 heteroatoms. The molecule has 1 aliphatic rings. The first-order valence-electron chi connectivity index (χ1n) is 5.80. The van der Waals surface area contributed by atoms with Crippen molar-refractivity contribution in [1.82, 2.24) is 4.90 Å². The minimum absolute atomic E-state index is 0.180. The van der Waals surface area contributed by atoms with Gasteiger partial charge in [-0.3, -0.25) is 4.90 Å². The van der Waals surface area contributed by atoms with E-state index in [1.807, 2.05) is 6.92 Å². The molecule has 0 aliphatic carbocycles. The van der Waals surface area contributed by atoms with Gasteiger partial charge in [-0.05, 0) is 54.7 Å². The number of aliphatic hydroxyl groups is 1. The van der Waals surface area contributed by atoms with Crippen molar-refractivity contribution < 1.29 is 5.11 Å². The molecular formula is C12H18BrNOS. The summed E-state index contributed by atoms with van der Waals surface area (Å²) in [5, 5.41) is 11.6. The predicted molar refractivity (Wildman–Crippen MR) is 71.7 cm³/mol. The summed E-state index contributed by atoms with van der Waals surface area (Å²) >= 11 is 5.30. The summed E-state index contributed by atoms with van der Waals surface area (Å²) in [7, 11) is 0. The fourth-order valence-corrected chi connectivity index (χ4v) is 3.88. The number of aliphatic hydroxyl groups excluding tert-OH is 1. The van der Waals surface area contributed by atoms with E-state index in [1.54, 1.807) is 11.3 Å². The maximum Gasteiger partial charge on any atom is 0.0527 e. The monoisotopic (exact) mass is 303 g/mol. The Labute approximate surface area is 109 Å². The first-order valence-corrected chi connectivity index (χ1v) is 7.47. The van der Waals surface area contributed by atoms with Gasteiger partial charge in [0.15, 0.2) is 0 Å². The number of hydrogen-bond acceptors (Lipinski definition) is 3. The van der Waals surface area contributed by atoms with Gasteiger partial charge >= 0.3 is 0 Å². The maximum atomic E-state index is 9.47. The Kier molecular flexibility index (Phi) is 4.41. The zero-order valence-corrected chi connectivity index (χ0v) is 11.9. The third-order valence-corrected chi connectivity index (χ3v) is 4.78. The van der Waals surface area contributed by atoms with Crippen molar-refractivity contribution in [2.24, 2.45) is 0 Å². The summed E-state index contributed by atoms with van der Waals surface area (Å²) in [6.07, 6.45) is 3.23. The van der Waals surface area contributed by atoms with Crippen LogP contribution in [0, 0.1) is 0 Å². The van der Waals surface area contributed by atoms with E-state index < -0.39 is 0 Å². The normalized spacial score (nSPS) is 23.8. The predicted octanol–water partition coefficient (Wildman–Crippen LogP) is 3.25. The number of thiophene rings is 1. The Morgan fingerprint density at radius 2 is 2.50 bits per heavy atom. The molecule has 2 unspecified atom stereocenters. The molecule has 2 rings (SSSR count). The van der Waals surface area contributed by atoms with Gasteiger partial charge in [-0.1, -0.05) is 0 Å². The SMILES string of the molecule is CC(O)CC1CCCN1Cc1cc(Br)cs1. The first kappa shape index (κ1) is 12.6. The molecule has 0 amide bonds. The smallest absolute Gasteiger partial charge is 0.0527 e. The third kappa shape index (κ3) is 3.29. The fourth-order valence-electron chi connectivity index (χ4n) is 2.40. The van der Waals surface area contributed by atoms with Crippen LogP contribution >= 0.6 is 27.3 Å². The molecule has 1 fully saturated rings. The van der Waals surface area contributed by atoms with Crippen molar-refractivity contribution >= 4 is 27.3 Å². The minimum atomic E-state index is -0.180. The number of nitrogens with zero attached hydrogens (tertiary/aromatic N) is 1. The summed E-state index contributed by atoms with van der Waals surface area (Å²) in [5.41, 5.74) is 0. The molecule has 2 atom stereocenters. The molecule has 1 aliphatic heterocycles. The third-order valence-electron chi connectivity index (χ3n) is 3.09. The largest absolute Gasteiger partial charge is 0.393 e. The van der Waals surface area contributed by atoms with Crippen molar-refractivity contribution in [2.45, 2.75) is 44.9 Å². The van der Waals surface area contributed by atoms with Crippen LogP contribution in [0.3, 0.4) is 0 Å². The Morgan fingerprint density at radius 3 is 3.12 bits per heavy atom. The summed E-state index contributed by atoms with van der Waals surface area (Å²) in [6.45, 7) is 4.10. The van der Waals surface area contributed by atoms with Gasteiger partial charge < -0.3 is 5.11 Å². The van der Waals surface area contributed by atoms with Crippen molar-refractivity contribution in [3.8, 4) is 0 Å². The lowest BCUT2D eigenvalue weighted by Gasteiger charge is -2.24. The van der Waals surface area contributed by atoms with Gasteiger partial charge in [0.05, 0.1) is 6.10 Å². The lowest BCUT2D eigenvalue weighted by atomic mass is 10.1. The molecular weight excluding hydrogens is 286 g/mol. The molecule has 1 aromatic heterocycles. The molecule has 1 N–H and O–H groups in total. The van der Waals surface area contributed by atoms with Crippen LogP contribution in [-0.2, 0) is 6.54 Å². The van der Waals surface area contributed by atoms with Gasteiger partial charge in [0.2, 0.25) is 0 Å². The number of halogens is 1. The molecule has 1 saturated heterocycles. The molecule has 16 heavy (non-hydrogen) atoms. The average Bonchev–Trinajstić information content (AvgIpc) is 2.77. The lowest BCUT2D eigenvalue weighted by molar-refractivity contribution is 0.131. The lowest BCUT2D eigenvalue weighted by Crippen LogP contribution is -2.31. The second-order valence-corrected chi connectivity index (χ2v) is 6.49. The van der Waals surface area contributed by atoms with Crippen LogP contribution in [-0.4, -0.2) is 28.7 Å². The second-order valence-electron chi connectivity index (χ2n) is 4.58. The average molecular weight is 304 g/mol. The Morgan fingerprint density at radius 1 is 1.69 bits per heavy atom. The van der Waals surface area contributed by atoms with Crippen LogP contribution < -0.4 is 0 Å². The topological polar surface area (TPSA) is 23.5 Å². The van der Waals surface area contributed by atoms with E-state index in [2.05, 4.69) is 32.3 Å². The summed E-state index contributed by atoms with van der Waals surface area (Å²) in [5.74, 6) is 0. The summed E-state index contributed by atoms with van der Waals surface area (Å²) in [4.78, 5) is 3.91.